The molecular weight excluding hydrogens is 336 g/mol. The minimum absolute atomic E-state index is 1.02. The molecule has 28 heavy (non-hydrogen) atoms. The fraction of sp³-hybridized carbons (Fsp3) is 1.00. The average molecular weight is 395 g/mol. The van der Waals surface area contributed by atoms with E-state index < -0.39 is 0 Å². The molecule has 0 bridgehead atoms. The Morgan fingerprint density at radius 3 is 0.750 bits per heavy atom. The Balaban J connectivity index is 0.000000429. The second kappa shape index (κ2) is 19.0. The first-order chi connectivity index (χ1) is 13.6. The van der Waals surface area contributed by atoms with Crippen molar-refractivity contribution in [3.05, 3.63) is 0 Å². The smallest absolute Gasteiger partial charge is 0.0386 e. The lowest BCUT2D eigenvalue weighted by Gasteiger charge is -2.36. The zero-order valence-corrected chi connectivity index (χ0v) is 21.2. The van der Waals surface area contributed by atoms with Crippen LogP contribution in [0.2, 0.25) is 0 Å². The van der Waals surface area contributed by atoms with E-state index in [9.17, 15) is 0 Å². The van der Waals surface area contributed by atoms with Crippen molar-refractivity contribution < 1.29 is 0 Å². The summed E-state index contributed by atoms with van der Waals surface area (Å²) in [4.78, 5) is 0. The van der Waals surface area contributed by atoms with Gasteiger partial charge in [0.1, 0.15) is 0 Å². The van der Waals surface area contributed by atoms with Gasteiger partial charge in [-0.1, -0.05) is 126 Å². The standard InChI is InChI=1S/C14H26.C6H12.C4H8.2C2H6/c1-11-3-7-13(8-4-11)14-9-5-12(2)6-10-14;1-6-4-2-3-5-6;1-2-4-3-1;2*1-2/h11-14H,3-10H2,1-2H3;6H,2-5H2,1H3;1-4H2;2*1-2H3. The summed E-state index contributed by atoms with van der Waals surface area (Å²) in [7, 11) is 0. The van der Waals surface area contributed by atoms with Crippen LogP contribution >= 0.6 is 0 Å². The molecule has 4 rings (SSSR count). The van der Waals surface area contributed by atoms with Crippen molar-refractivity contribution in [2.24, 2.45) is 29.6 Å². The maximum Gasteiger partial charge on any atom is -0.0386 e. The van der Waals surface area contributed by atoms with Gasteiger partial charge in [0.2, 0.25) is 0 Å². The Morgan fingerprint density at radius 2 is 0.571 bits per heavy atom. The Labute approximate surface area is 181 Å². The molecule has 0 atom stereocenters. The van der Waals surface area contributed by atoms with Crippen molar-refractivity contribution in [1.29, 1.82) is 0 Å². The molecule has 0 nitrogen and oxygen atoms in total. The van der Waals surface area contributed by atoms with Crippen LogP contribution in [-0.4, -0.2) is 0 Å². The third kappa shape index (κ3) is 13.3. The van der Waals surface area contributed by atoms with Crippen LogP contribution in [0.3, 0.4) is 0 Å². The SMILES string of the molecule is C1CCC1.CC.CC.CC1CCC(C2CCC(C)CC2)CC1.CC1CCCC1. The first kappa shape index (κ1) is 28.0. The third-order valence-corrected chi connectivity index (χ3v) is 7.43. The third-order valence-electron chi connectivity index (χ3n) is 7.43. The van der Waals surface area contributed by atoms with Crippen LogP contribution in [0.15, 0.2) is 0 Å². The van der Waals surface area contributed by atoms with Crippen LogP contribution in [0.1, 0.15) is 151 Å². The van der Waals surface area contributed by atoms with Gasteiger partial charge >= 0.3 is 0 Å². The molecule has 0 amide bonds. The van der Waals surface area contributed by atoms with Crippen LogP contribution in [-0.2, 0) is 0 Å². The number of hydrogen-bond donors (Lipinski definition) is 0. The predicted molar refractivity (Wildman–Crippen MR) is 131 cm³/mol. The average Bonchev–Trinajstić information content (AvgIpc) is 3.17. The zero-order chi connectivity index (χ0) is 21.2. The van der Waals surface area contributed by atoms with Gasteiger partial charge in [0.25, 0.3) is 0 Å². The topological polar surface area (TPSA) is 0 Å². The number of hydrogen-bond acceptors (Lipinski definition) is 0. The summed E-state index contributed by atoms with van der Waals surface area (Å²) < 4.78 is 0. The van der Waals surface area contributed by atoms with Crippen molar-refractivity contribution in [1.82, 2.24) is 0 Å². The first-order valence-corrected chi connectivity index (χ1v) is 13.6. The van der Waals surface area contributed by atoms with Crippen LogP contribution in [0.4, 0.5) is 0 Å². The molecule has 4 fully saturated rings. The molecule has 0 aromatic heterocycles. The molecule has 4 aliphatic carbocycles. The largest absolute Gasteiger partial charge is 0.0683 e. The highest BCUT2D eigenvalue weighted by Gasteiger charge is 2.28. The van der Waals surface area contributed by atoms with E-state index in [-0.39, 0.29) is 0 Å². The summed E-state index contributed by atoms with van der Waals surface area (Å²) in [6.07, 6.45) is 24.2. The van der Waals surface area contributed by atoms with Gasteiger partial charge in [-0.2, -0.15) is 0 Å². The Kier molecular flexibility index (Phi) is 19.0. The molecule has 0 aromatic carbocycles. The van der Waals surface area contributed by atoms with E-state index >= 15 is 0 Å². The van der Waals surface area contributed by atoms with Crippen LogP contribution in [0.25, 0.3) is 0 Å². The highest BCUT2D eigenvalue weighted by atomic mass is 14.3. The lowest BCUT2D eigenvalue weighted by atomic mass is 9.70. The maximum atomic E-state index is 2.43. The van der Waals surface area contributed by atoms with Gasteiger partial charge in [-0.25, -0.2) is 0 Å². The Morgan fingerprint density at radius 1 is 0.321 bits per heavy atom. The molecule has 4 aliphatic rings. The lowest BCUT2D eigenvalue weighted by molar-refractivity contribution is 0.155. The predicted octanol–water partition coefficient (Wildman–Crippen LogP) is 10.4. The summed E-state index contributed by atoms with van der Waals surface area (Å²) in [5.74, 6) is 5.31. The Hall–Kier alpha value is 0. The minimum Gasteiger partial charge on any atom is -0.0683 e. The van der Waals surface area contributed by atoms with E-state index in [2.05, 4.69) is 20.8 Å². The van der Waals surface area contributed by atoms with Gasteiger partial charge < -0.3 is 0 Å². The van der Waals surface area contributed by atoms with Gasteiger partial charge in [-0.3, -0.25) is 0 Å². The lowest BCUT2D eigenvalue weighted by Crippen LogP contribution is -2.24. The molecule has 0 spiro atoms. The highest BCUT2D eigenvalue weighted by molar-refractivity contribution is 4.80. The van der Waals surface area contributed by atoms with Crippen LogP contribution < -0.4 is 0 Å². The van der Waals surface area contributed by atoms with E-state index in [0.29, 0.717) is 0 Å². The van der Waals surface area contributed by atoms with E-state index in [0.717, 1.165) is 29.6 Å². The van der Waals surface area contributed by atoms with Gasteiger partial charge in [0.05, 0.1) is 0 Å². The molecule has 0 saturated heterocycles. The molecular formula is C28H58. The molecule has 0 N–H and O–H groups in total. The first-order valence-electron chi connectivity index (χ1n) is 13.6. The van der Waals surface area contributed by atoms with E-state index in [1.807, 2.05) is 27.7 Å². The summed E-state index contributed by atoms with van der Waals surface area (Å²) in [6.45, 7) is 15.2. The van der Waals surface area contributed by atoms with Crippen molar-refractivity contribution in [2.75, 3.05) is 0 Å². The summed E-state index contributed by atoms with van der Waals surface area (Å²) >= 11 is 0. The molecule has 0 unspecified atom stereocenters. The van der Waals surface area contributed by atoms with Crippen LogP contribution in [0, 0.1) is 29.6 Å². The molecule has 0 aliphatic heterocycles. The molecule has 170 valence electrons. The fourth-order valence-electron chi connectivity index (χ4n) is 4.89. The van der Waals surface area contributed by atoms with E-state index in [1.165, 1.54) is 77.0 Å². The summed E-state index contributed by atoms with van der Waals surface area (Å²) in [6, 6.07) is 0. The normalized spacial score (nSPS) is 31.8. The van der Waals surface area contributed by atoms with Gasteiger partial charge in [-0.15, -0.1) is 0 Å². The molecule has 4 saturated carbocycles. The minimum atomic E-state index is 1.02. The van der Waals surface area contributed by atoms with E-state index in [1.54, 1.807) is 25.7 Å². The van der Waals surface area contributed by atoms with Crippen molar-refractivity contribution in [3.63, 3.8) is 0 Å². The maximum absolute atomic E-state index is 2.43. The second-order valence-electron chi connectivity index (χ2n) is 9.84. The molecule has 0 aromatic rings. The zero-order valence-electron chi connectivity index (χ0n) is 21.2. The van der Waals surface area contributed by atoms with Crippen molar-refractivity contribution >= 4 is 0 Å². The van der Waals surface area contributed by atoms with Crippen molar-refractivity contribution in [2.45, 2.75) is 151 Å². The molecule has 0 radical (unpaired) electrons. The van der Waals surface area contributed by atoms with Gasteiger partial charge in [-0.05, 0) is 55.3 Å². The molecule has 0 heterocycles. The van der Waals surface area contributed by atoms with Gasteiger partial charge in [0, 0.05) is 0 Å². The number of rotatable bonds is 1. The van der Waals surface area contributed by atoms with E-state index in [4.69, 9.17) is 0 Å². The monoisotopic (exact) mass is 394 g/mol. The van der Waals surface area contributed by atoms with Crippen molar-refractivity contribution in [3.8, 4) is 0 Å². The summed E-state index contributed by atoms with van der Waals surface area (Å²) in [5, 5.41) is 0. The van der Waals surface area contributed by atoms with Crippen LogP contribution in [0.5, 0.6) is 0 Å². The fourth-order valence-corrected chi connectivity index (χ4v) is 4.89. The van der Waals surface area contributed by atoms with Gasteiger partial charge in [0.15, 0.2) is 0 Å². The Bertz CT molecular complexity index is 257. The second-order valence-corrected chi connectivity index (χ2v) is 9.84. The quantitative estimate of drug-likeness (QED) is 0.415. The highest BCUT2D eigenvalue weighted by Crippen LogP contribution is 2.40. The molecule has 0 heteroatoms. The summed E-state index contributed by atoms with van der Waals surface area (Å²) in [5.41, 5.74) is 0.